The maximum Gasteiger partial charge on any atom is 0.414 e. The number of anilines is 1. The van der Waals surface area contributed by atoms with Gasteiger partial charge in [0.15, 0.2) is 5.78 Å². The summed E-state index contributed by atoms with van der Waals surface area (Å²) in [5.74, 6) is -0.126. The number of para-hydroxylation sites is 1. The number of carbonyl (C=O) groups excluding carboxylic acids is 2. The van der Waals surface area contributed by atoms with Crippen molar-refractivity contribution < 1.29 is 24.2 Å². The summed E-state index contributed by atoms with van der Waals surface area (Å²) in [5.41, 5.74) is 2.32. The molecule has 2 aromatic rings. The molecule has 1 aliphatic heterocycles. The van der Waals surface area contributed by atoms with Crippen molar-refractivity contribution in [1.82, 2.24) is 0 Å². The van der Waals surface area contributed by atoms with Crippen LogP contribution >= 0.6 is 0 Å². The highest BCUT2D eigenvalue weighted by Crippen LogP contribution is 2.33. The van der Waals surface area contributed by atoms with Gasteiger partial charge in [-0.2, -0.15) is 0 Å². The first kappa shape index (κ1) is 22.7. The van der Waals surface area contributed by atoms with E-state index in [1.807, 2.05) is 31.2 Å². The van der Waals surface area contributed by atoms with Crippen LogP contribution in [-0.2, 0) is 11.3 Å². The molecule has 0 aliphatic carbocycles. The number of ether oxygens (including phenoxy) is 2. The van der Waals surface area contributed by atoms with E-state index in [0.717, 1.165) is 24.1 Å². The van der Waals surface area contributed by atoms with Gasteiger partial charge in [-0.3, -0.25) is 9.69 Å². The van der Waals surface area contributed by atoms with Gasteiger partial charge in [0.1, 0.15) is 12.4 Å². The second-order valence-corrected chi connectivity index (χ2v) is 7.90. The number of methoxy groups -OCH3 is 1. The molecule has 6 heteroatoms. The van der Waals surface area contributed by atoms with Crippen LogP contribution in [0.15, 0.2) is 42.5 Å². The number of hydrogen-bond acceptors (Lipinski definition) is 5. The number of hydrogen-bond donors (Lipinski definition) is 0. The molecule has 6 nitrogen and oxygen atoms in total. The third kappa shape index (κ3) is 5.01. The summed E-state index contributed by atoms with van der Waals surface area (Å²) in [6.07, 6.45) is 3.39. The fraction of sp³-hybridized carbons (Fsp3) is 0.440. The fourth-order valence-electron chi connectivity index (χ4n) is 4.27. The van der Waals surface area contributed by atoms with E-state index in [9.17, 15) is 14.7 Å². The molecule has 2 unspecified atom stereocenters. The quantitative estimate of drug-likeness (QED) is 0.497. The SMILES string of the molecule is CCCC(CCC(CC)C(=O)c1ccc([O-])cc1OC)N1C(=O)OCc2ccccc21. The number of ketones is 1. The van der Waals surface area contributed by atoms with Gasteiger partial charge in [0.25, 0.3) is 0 Å². The van der Waals surface area contributed by atoms with Crippen LogP contribution in [0.1, 0.15) is 61.9 Å². The number of benzene rings is 2. The highest BCUT2D eigenvalue weighted by Gasteiger charge is 2.32. The summed E-state index contributed by atoms with van der Waals surface area (Å²) in [4.78, 5) is 27.6. The Morgan fingerprint density at radius 1 is 1.16 bits per heavy atom. The Bertz CT molecular complexity index is 926. The Morgan fingerprint density at radius 3 is 2.65 bits per heavy atom. The zero-order chi connectivity index (χ0) is 22.4. The molecule has 1 heterocycles. The molecule has 0 fully saturated rings. The summed E-state index contributed by atoms with van der Waals surface area (Å²) in [6.45, 7) is 4.36. The van der Waals surface area contributed by atoms with E-state index in [0.29, 0.717) is 30.6 Å². The van der Waals surface area contributed by atoms with Crippen LogP contribution < -0.4 is 14.7 Å². The Kier molecular flexibility index (Phi) is 7.55. The Hall–Kier alpha value is -3.02. The largest absolute Gasteiger partial charge is 0.872 e. The minimum Gasteiger partial charge on any atom is -0.872 e. The molecule has 0 saturated carbocycles. The Labute approximate surface area is 183 Å². The summed E-state index contributed by atoms with van der Waals surface area (Å²) in [7, 11) is 1.46. The van der Waals surface area contributed by atoms with E-state index < -0.39 is 0 Å². The number of cyclic esters (lactones) is 1. The minimum absolute atomic E-state index is 0.0313. The van der Waals surface area contributed by atoms with Crippen molar-refractivity contribution in [1.29, 1.82) is 0 Å². The van der Waals surface area contributed by atoms with Gasteiger partial charge >= 0.3 is 6.09 Å². The zero-order valence-corrected chi connectivity index (χ0v) is 18.4. The Balaban J connectivity index is 1.79. The summed E-state index contributed by atoms with van der Waals surface area (Å²) in [6, 6.07) is 12.0. The number of nitrogens with zero attached hydrogens (tertiary/aromatic N) is 1. The second-order valence-electron chi connectivity index (χ2n) is 7.90. The number of fused-ring (bicyclic) bond motifs is 1. The molecule has 0 bridgehead atoms. The molecule has 2 atom stereocenters. The monoisotopic (exact) mass is 424 g/mol. The van der Waals surface area contributed by atoms with Crippen molar-refractivity contribution in [2.24, 2.45) is 5.92 Å². The normalized spacial score (nSPS) is 15.1. The number of Topliss-reactive ketones (excluding diaryl/α,β-unsaturated/α-hetero) is 1. The lowest BCUT2D eigenvalue weighted by atomic mass is 9.88. The van der Waals surface area contributed by atoms with Gasteiger partial charge in [0.05, 0.1) is 18.4 Å². The van der Waals surface area contributed by atoms with Gasteiger partial charge in [-0.1, -0.05) is 44.5 Å². The third-order valence-corrected chi connectivity index (χ3v) is 5.94. The molecule has 0 radical (unpaired) electrons. The van der Waals surface area contributed by atoms with Gasteiger partial charge in [-0.15, -0.1) is 5.75 Å². The first-order valence-corrected chi connectivity index (χ1v) is 10.9. The van der Waals surface area contributed by atoms with E-state index in [1.165, 1.54) is 19.2 Å². The van der Waals surface area contributed by atoms with E-state index in [4.69, 9.17) is 9.47 Å². The van der Waals surface area contributed by atoms with Crippen LogP contribution in [0.3, 0.4) is 0 Å². The molecule has 1 aliphatic rings. The lowest BCUT2D eigenvalue weighted by molar-refractivity contribution is -0.268. The van der Waals surface area contributed by atoms with E-state index in [2.05, 4.69) is 6.92 Å². The first-order valence-electron chi connectivity index (χ1n) is 10.9. The van der Waals surface area contributed by atoms with Gasteiger partial charge in [0.2, 0.25) is 0 Å². The van der Waals surface area contributed by atoms with Crippen LogP contribution in [-0.4, -0.2) is 25.0 Å². The summed E-state index contributed by atoms with van der Waals surface area (Å²) < 4.78 is 10.7. The van der Waals surface area contributed by atoms with Gasteiger partial charge in [0, 0.05) is 17.5 Å². The summed E-state index contributed by atoms with van der Waals surface area (Å²) >= 11 is 0. The van der Waals surface area contributed by atoms with Crippen molar-refractivity contribution in [3.05, 3.63) is 53.6 Å². The molecule has 166 valence electrons. The standard InChI is InChI=1S/C25H31NO5/c1-4-8-19(26-22-10-7-6-9-18(22)16-31-25(26)29)12-11-17(5-2)24(28)21-14-13-20(27)15-23(21)30-3/h6-7,9-10,13-15,17,19,27H,4-5,8,11-12,16H2,1-3H3/p-1. The van der Waals surface area contributed by atoms with Crippen molar-refractivity contribution in [3.8, 4) is 11.5 Å². The third-order valence-electron chi connectivity index (χ3n) is 5.94. The maximum absolute atomic E-state index is 13.2. The molecule has 0 saturated heterocycles. The molecule has 31 heavy (non-hydrogen) atoms. The predicted molar refractivity (Wildman–Crippen MR) is 118 cm³/mol. The number of amides is 1. The van der Waals surface area contributed by atoms with Crippen molar-refractivity contribution in [3.63, 3.8) is 0 Å². The first-order chi connectivity index (χ1) is 15.0. The van der Waals surface area contributed by atoms with Crippen molar-refractivity contribution in [2.45, 2.75) is 58.6 Å². The number of rotatable bonds is 10. The topological polar surface area (TPSA) is 78.9 Å². The average molecular weight is 425 g/mol. The molecule has 3 rings (SSSR count). The molecule has 0 spiro atoms. The van der Waals surface area contributed by atoms with Crippen LogP contribution in [0.4, 0.5) is 10.5 Å². The van der Waals surface area contributed by atoms with Crippen LogP contribution in [0, 0.1) is 5.92 Å². The van der Waals surface area contributed by atoms with Gasteiger partial charge in [-0.25, -0.2) is 4.79 Å². The smallest absolute Gasteiger partial charge is 0.414 e. The molecule has 0 N–H and O–H groups in total. The second kappa shape index (κ2) is 10.3. The predicted octanol–water partition coefficient (Wildman–Crippen LogP) is 5.08. The highest BCUT2D eigenvalue weighted by atomic mass is 16.6. The molecule has 1 amide bonds. The summed E-state index contributed by atoms with van der Waals surface area (Å²) in [5, 5.41) is 11.6. The lowest BCUT2D eigenvalue weighted by Crippen LogP contribution is -2.44. The van der Waals surface area contributed by atoms with Crippen LogP contribution in [0.25, 0.3) is 0 Å². The van der Waals surface area contributed by atoms with Crippen molar-refractivity contribution in [2.75, 3.05) is 12.0 Å². The highest BCUT2D eigenvalue weighted by molar-refractivity contribution is 6.00. The van der Waals surface area contributed by atoms with Crippen LogP contribution in [0.5, 0.6) is 11.5 Å². The molecular weight excluding hydrogens is 394 g/mol. The average Bonchev–Trinajstić information content (AvgIpc) is 2.78. The van der Waals surface area contributed by atoms with Crippen LogP contribution in [0.2, 0.25) is 0 Å². The Morgan fingerprint density at radius 2 is 1.94 bits per heavy atom. The maximum atomic E-state index is 13.2. The van der Waals surface area contributed by atoms with Gasteiger partial charge in [-0.05, 0) is 43.9 Å². The lowest BCUT2D eigenvalue weighted by Gasteiger charge is -2.36. The molecule has 0 aromatic heterocycles. The fourth-order valence-corrected chi connectivity index (χ4v) is 4.27. The van der Waals surface area contributed by atoms with Gasteiger partial charge < -0.3 is 14.6 Å². The van der Waals surface area contributed by atoms with E-state index in [-0.39, 0.29) is 36.2 Å². The van der Waals surface area contributed by atoms with E-state index in [1.54, 1.807) is 11.0 Å². The van der Waals surface area contributed by atoms with E-state index >= 15 is 0 Å². The van der Waals surface area contributed by atoms with Crippen molar-refractivity contribution >= 4 is 17.6 Å². The minimum atomic E-state index is -0.329. The molecule has 2 aromatic carbocycles. The zero-order valence-electron chi connectivity index (χ0n) is 18.4. The number of carbonyl (C=O) groups is 2. The molecular formula is C25H30NO5-.